The van der Waals surface area contributed by atoms with Gasteiger partial charge in [-0.2, -0.15) is 23.5 Å². The van der Waals surface area contributed by atoms with Gasteiger partial charge in [-0.3, -0.25) is 87.2 Å². The van der Waals surface area contributed by atoms with Crippen molar-refractivity contribution in [2.75, 3.05) is 121 Å². The fourth-order valence-corrected chi connectivity index (χ4v) is 17.3. The first-order chi connectivity index (χ1) is 62.6. The van der Waals surface area contributed by atoms with Gasteiger partial charge >= 0.3 is 0 Å². The number of hydrogen-bond acceptors (Lipinski definition) is 28. The van der Waals surface area contributed by atoms with E-state index in [2.05, 4.69) is 47.2 Å². The molecule has 2 saturated heterocycles. The van der Waals surface area contributed by atoms with Crippen LogP contribution in [0.3, 0.4) is 0 Å². The Morgan fingerprint density at radius 3 is 1.50 bits per heavy atom. The molecule has 2 fully saturated rings. The van der Waals surface area contributed by atoms with E-state index in [9.17, 15) is 82.1 Å². The number of primary amides is 2. The summed E-state index contributed by atoms with van der Waals surface area (Å²) < 4.78 is 11.1. The van der Waals surface area contributed by atoms with Crippen LogP contribution >= 0.6 is 35.3 Å². The molecular formula is C94H153N15O19S3. The van der Waals surface area contributed by atoms with E-state index in [-0.39, 0.29) is 263 Å². The highest BCUT2D eigenvalue weighted by Gasteiger charge is 2.34. The van der Waals surface area contributed by atoms with E-state index in [1.807, 2.05) is 40.2 Å². The van der Waals surface area contributed by atoms with Gasteiger partial charge in [0.1, 0.15) is 63.5 Å². The minimum Gasteiger partial charge on any atom is -0.508 e. The van der Waals surface area contributed by atoms with Crippen LogP contribution in [0.2, 0.25) is 0 Å². The van der Waals surface area contributed by atoms with Gasteiger partial charge in [0.05, 0.1) is 74.3 Å². The number of hydrogen-bond donors (Lipinski definition) is 15. The number of benzene rings is 2. The SMILES string of the molecule is CC[C@H](C)[C@@H]1CC(=O)CCC(=O)CC[C@@H](C(=O)CC[C@@H](CCCN=C(N)N)CN[C@@H](Cc2ccc(O)cc2)C(N)=O)NCC(=O)[C@H](CCCCNC(=O)CSC)CCC1=O.CC[C@H](C)[C@@H]1CC(=O)CCNC(=O)CSC[C@@H](C(=O)CC[C@@H](CCCN=C(N)N)CN[C@@H](Cc2ccc(O)cc2)C(N)=O)NCC(=O)[C@H](CCNC(=O)CCOCCOCCCC(=O)CSC)CCC1=O. The van der Waals surface area contributed by atoms with Crippen LogP contribution < -0.4 is 71.6 Å². The zero-order valence-electron chi connectivity index (χ0n) is 78.2. The summed E-state index contributed by atoms with van der Waals surface area (Å²) in [4.78, 5) is 205. The summed E-state index contributed by atoms with van der Waals surface area (Å²) in [6.45, 7) is 11.0. The summed E-state index contributed by atoms with van der Waals surface area (Å²) in [7, 11) is 0. The summed E-state index contributed by atoms with van der Waals surface area (Å²) in [5.41, 5.74) is 35.3. The van der Waals surface area contributed by atoms with Crippen LogP contribution in [0.5, 0.6) is 11.5 Å². The Morgan fingerprint density at radius 2 is 0.992 bits per heavy atom. The van der Waals surface area contributed by atoms with E-state index in [1.165, 1.54) is 59.6 Å². The number of nitrogens with two attached hydrogens (primary N) is 6. The van der Waals surface area contributed by atoms with Gasteiger partial charge in [0.2, 0.25) is 29.5 Å². The quantitative estimate of drug-likeness (QED) is 0.0214. The van der Waals surface area contributed by atoms with Gasteiger partial charge < -0.3 is 86.0 Å². The number of aromatic hydroxyl groups is 2. The highest BCUT2D eigenvalue weighted by molar-refractivity contribution is 8.00. The number of nitrogens with one attached hydrogen (secondary N) is 7. The molecule has 2 aromatic carbocycles. The third kappa shape index (κ3) is 53.8. The Bertz CT molecular complexity index is 3890. The van der Waals surface area contributed by atoms with Gasteiger partial charge in [-0.05, 0) is 181 Å². The number of guanidine groups is 2. The molecule has 0 saturated carbocycles. The highest BCUT2D eigenvalue weighted by Crippen LogP contribution is 2.29. The number of carbonyl (C=O) groups is 15. The standard InChI is InChI=1S/C50H82N8O11S2.C44H71N7O8S/c1-4-34(2)41-28-39(60)18-22-55-48(66)33-71-32-43(45(63)15-11-36(7-5-20-56-50(52)53)29-57-42(49(51)67)27-35-9-13-38(59)14-10-35)58-30-46(64)37(12-16-44(41)62)17-21-54-47(65)19-24-69-26-25-68-23-6-8-40(61)31-70-3;1-4-29(2)36-25-35(54)17-16-34(53)18-19-37(51-27-41(57)32(13-21-39(36)55)9-5-6-22-48-42(58)28-60-3)40(56)20-12-31(8-7-23-49-44(46)47)26-50-38(43(45)59)24-30-10-14-33(52)15-11-30/h9-10,13-14,34,36-37,41-43,57-59H,4-8,11-12,15-33H2,1-3H3,(H2,51,67)(H,54,65)(H,55,66)(H4,52,53,56);10-11,14-15,29,31-32,36-38,50-52H,4-9,12-13,16-28H2,1-3H3,(H2,45,59)(H,48,58)(H4,46,47,49)/t34-,36+,37-,41-,42-,43-;29-,31+,32+,36-,37-,38-/m00/s1. The van der Waals surface area contributed by atoms with Crippen molar-refractivity contribution >= 4 is 135 Å². The second-order valence-corrected chi connectivity index (χ2v) is 37.2. The summed E-state index contributed by atoms with van der Waals surface area (Å²) in [5.74, 6) is -4.12. The lowest BCUT2D eigenvalue weighted by atomic mass is 9.80. The molecule has 34 nitrogen and oxygen atoms in total. The van der Waals surface area contributed by atoms with Crippen LogP contribution in [-0.4, -0.2) is 255 Å². The Balaban J connectivity index is 0.000000685. The molecule has 0 aromatic heterocycles. The molecule has 2 aliphatic heterocycles. The predicted octanol–water partition coefficient (Wildman–Crippen LogP) is 5.71. The Labute approximate surface area is 787 Å². The average Bonchev–Trinajstić information content (AvgIpc) is 0.881. The topological polar surface area (TPSA) is 580 Å². The fourth-order valence-electron chi connectivity index (χ4n) is 15.5. The van der Waals surface area contributed by atoms with Crippen molar-refractivity contribution < 1.29 is 91.6 Å². The highest BCUT2D eigenvalue weighted by atomic mass is 32.2. The largest absolute Gasteiger partial charge is 0.508 e. The molecule has 736 valence electrons. The van der Waals surface area contributed by atoms with E-state index in [0.717, 1.165) is 17.5 Å². The number of thioether (sulfide) groups is 3. The number of phenols is 2. The van der Waals surface area contributed by atoms with Gasteiger partial charge in [0.15, 0.2) is 17.7 Å². The zero-order valence-corrected chi connectivity index (χ0v) is 80.6. The zero-order chi connectivity index (χ0) is 96.8. The third-order valence-electron chi connectivity index (χ3n) is 24.0. The molecule has 5 amide bonds. The molecule has 131 heavy (non-hydrogen) atoms. The number of ketones is 10. The average molecular weight is 1890 g/mol. The Hall–Kier alpha value is -8.56. The summed E-state index contributed by atoms with van der Waals surface area (Å²) in [5, 5.41) is 40.7. The molecule has 0 aliphatic carbocycles. The van der Waals surface area contributed by atoms with Crippen LogP contribution in [0.25, 0.3) is 0 Å². The first-order valence-corrected chi connectivity index (χ1v) is 50.5. The molecule has 2 aromatic rings. The fraction of sp³-hybridized carbons (Fsp3) is 0.691. The Kier molecular flexibility index (Phi) is 61.7. The lowest BCUT2D eigenvalue weighted by Gasteiger charge is -2.24. The lowest BCUT2D eigenvalue weighted by Crippen LogP contribution is -2.45. The molecule has 4 rings (SSSR count). The van der Waals surface area contributed by atoms with Gasteiger partial charge in [-0.15, -0.1) is 11.8 Å². The van der Waals surface area contributed by atoms with E-state index < -0.39 is 59.7 Å². The first kappa shape index (κ1) is 117. The van der Waals surface area contributed by atoms with Crippen molar-refractivity contribution in [3.63, 3.8) is 0 Å². The lowest BCUT2D eigenvalue weighted by molar-refractivity contribution is -0.131. The summed E-state index contributed by atoms with van der Waals surface area (Å²) >= 11 is 4.16. The number of Topliss-reactive ketones (excluding diaryl/α,β-unsaturated/α-hetero) is 10. The first-order valence-electron chi connectivity index (χ1n) is 46.6. The third-order valence-corrected chi connectivity index (χ3v) is 26.2. The van der Waals surface area contributed by atoms with Crippen LogP contribution in [0.4, 0.5) is 0 Å². The molecular weight excluding hydrogens is 1740 g/mol. The molecule has 0 bridgehead atoms. The smallest absolute Gasteiger partial charge is 0.234 e. The molecule has 2 heterocycles. The molecule has 0 spiro atoms. The van der Waals surface area contributed by atoms with Crippen molar-refractivity contribution in [2.24, 2.45) is 91.7 Å². The predicted molar refractivity (Wildman–Crippen MR) is 515 cm³/mol. The number of nitrogens with zero attached hydrogens (tertiary/aromatic N) is 2. The summed E-state index contributed by atoms with van der Waals surface area (Å²) in [6.07, 6.45) is 13.7. The maximum absolute atomic E-state index is 14.1. The van der Waals surface area contributed by atoms with E-state index in [4.69, 9.17) is 43.9 Å². The van der Waals surface area contributed by atoms with Crippen LogP contribution in [0.1, 0.15) is 219 Å². The van der Waals surface area contributed by atoms with Crippen molar-refractivity contribution in [3.05, 3.63) is 59.7 Å². The van der Waals surface area contributed by atoms with Crippen molar-refractivity contribution in [1.82, 2.24) is 37.2 Å². The Morgan fingerprint density at radius 1 is 0.511 bits per heavy atom. The molecule has 12 atom stereocenters. The number of carbonyl (C=O) groups excluding carboxylic acids is 15. The number of aliphatic imine (C=N–C) groups is 2. The van der Waals surface area contributed by atoms with E-state index in [1.54, 1.807) is 24.3 Å². The summed E-state index contributed by atoms with van der Waals surface area (Å²) in [6, 6.07) is 9.94. The maximum Gasteiger partial charge on any atom is 0.234 e. The molecule has 21 N–H and O–H groups in total. The van der Waals surface area contributed by atoms with Crippen LogP contribution in [0.15, 0.2) is 58.5 Å². The second-order valence-electron chi connectivity index (χ2n) is 34.4. The van der Waals surface area contributed by atoms with Gasteiger partial charge in [0, 0.05) is 146 Å². The van der Waals surface area contributed by atoms with E-state index in [0.29, 0.717) is 154 Å². The number of phenolic OH excluding ortho intramolecular Hbond substituents is 2. The molecule has 37 heteroatoms. The van der Waals surface area contributed by atoms with E-state index >= 15 is 0 Å². The monoisotopic (exact) mass is 1890 g/mol. The number of rotatable bonds is 54. The van der Waals surface area contributed by atoms with Gasteiger partial charge in [0.25, 0.3) is 0 Å². The van der Waals surface area contributed by atoms with Crippen molar-refractivity contribution in [1.29, 1.82) is 0 Å². The number of amides is 5. The second kappa shape index (κ2) is 69.3. The van der Waals surface area contributed by atoms with Gasteiger partial charge in [-0.25, -0.2) is 0 Å². The minimum absolute atomic E-state index is 0.0113. The minimum atomic E-state index is -0.823. The molecule has 0 unspecified atom stereocenters. The van der Waals surface area contributed by atoms with Gasteiger partial charge in [-0.1, -0.05) is 71.2 Å². The normalized spacial score (nSPS) is 19.6. The van der Waals surface area contributed by atoms with Crippen LogP contribution in [-0.2, 0) is 94.2 Å². The van der Waals surface area contributed by atoms with Crippen LogP contribution in [0, 0.1) is 47.3 Å². The number of unbranched alkanes of at least 4 members (excludes halogenated alkanes) is 1. The van der Waals surface area contributed by atoms with Crippen molar-refractivity contribution in [2.45, 2.75) is 244 Å². The number of ether oxygens (including phenoxy) is 2. The van der Waals surface area contributed by atoms with Crippen molar-refractivity contribution in [3.8, 4) is 11.5 Å². The maximum atomic E-state index is 14.1. The molecule has 0 radical (unpaired) electrons. The molecule has 2 aliphatic rings.